The molecule has 0 unspecified atom stereocenters. The molecule has 2 amide bonds. The molecule has 0 radical (unpaired) electrons. The van der Waals surface area contributed by atoms with Gasteiger partial charge in [0.1, 0.15) is 5.54 Å². The minimum absolute atomic E-state index is 0.201. The normalized spacial score (nSPS) is 17.0. The van der Waals surface area contributed by atoms with Crippen LogP contribution in [-0.4, -0.2) is 39.5 Å². The minimum Gasteiger partial charge on any atom is -0.461 e. The van der Waals surface area contributed by atoms with Crippen molar-refractivity contribution in [2.24, 2.45) is 0 Å². The summed E-state index contributed by atoms with van der Waals surface area (Å²) in [4.78, 5) is 44.5. The summed E-state index contributed by atoms with van der Waals surface area (Å²) in [6, 6.07) is 22.4. The lowest BCUT2D eigenvalue weighted by atomic mass is 9.81. The van der Waals surface area contributed by atoms with Crippen LogP contribution in [0.5, 0.6) is 0 Å². The third-order valence-electron chi connectivity index (χ3n) is 11.1. The molecule has 0 spiro atoms. The Morgan fingerprint density at radius 1 is 0.941 bits per heavy atom. The van der Waals surface area contributed by atoms with Gasteiger partial charge in [0.25, 0.3) is 5.91 Å². The monoisotopic (exact) mass is 700 g/mol. The number of nitrogens with zero attached hydrogens (tertiary/aromatic N) is 2. The lowest BCUT2D eigenvalue weighted by Gasteiger charge is -2.29. The van der Waals surface area contributed by atoms with Gasteiger partial charge in [-0.05, 0) is 86.8 Å². The Labute approximate surface area is 302 Å². The molecular formula is C42H44N4O4S. The first-order valence-electron chi connectivity index (χ1n) is 18.6. The maximum atomic E-state index is 14.1. The van der Waals surface area contributed by atoms with Crippen LogP contribution in [0.2, 0.25) is 0 Å². The van der Waals surface area contributed by atoms with Crippen LogP contribution >= 0.6 is 11.3 Å². The van der Waals surface area contributed by atoms with Gasteiger partial charge in [-0.15, -0.1) is 11.3 Å². The van der Waals surface area contributed by atoms with Crippen molar-refractivity contribution in [1.29, 1.82) is 0 Å². The van der Waals surface area contributed by atoms with E-state index in [0.29, 0.717) is 47.3 Å². The second-order valence-corrected chi connectivity index (χ2v) is 15.1. The lowest BCUT2D eigenvalue weighted by molar-refractivity contribution is -0.122. The number of benzene rings is 3. The zero-order chi connectivity index (χ0) is 35.0. The van der Waals surface area contributed by atoms with E-state index in [0.717, 1.165) is 43.3 Å². The van der Waals surface area contributed by atoms with Crippen LogP contribution in [0.25, 0.3) is 33.4 Å². The van der Waals surface area contributed by atoms with E-state index in [1.165, 1.54) is 71.2 Å². The van der Waals surface area contributed by atoms with Gasteiger partial charge in [0.05, 0.1) is 18.0 Å². The quantitative estimate of drug-likeness (QED) is 0.157. The molecule has 8 rings (SSSR count). The van der Waals surface area contributed by atoms with Crippen molar-refractivity contribution in [2.75, 3.05) is 11.9 Å². The summed E-state index contributed by atoms with van der Waals surface area (Å²) in [5, 5.41) is 9.69. The molecule has 5 aromatic rings. The first-order valence-corrected chi connectivity index (χ1v) is 19.4. The number of hydrogen-bond acceptors (Lipinski definition) is 6. The van der Waals surface area contributed by atoms with Crippen LogP contribution in [0.3, 0.4) is 0 Å². The fourth-order valence-corrected chi connectivity index (χ4v) is 9.30. The number of thiazole rings is 1. The van der Waals surface area contributed by atoms with Crippen molar-refractivity contribution in [1.82, 2.24) is 14.9 Å². The smallest absolute Gasteiger partial charge is 0.367 e. The third kappa shape index (κ3) is 6.37. The summed E-state index contributed by atoms with van der Waals surface area (Å²) in [5.41, 5.74) is 8.40. The number of hydrogen-bond donors (Lipinski definition) is 2. The molecule has 2 aliphatic carbocycles. The first kappa shape index (κ1) is 33.4. The molecule has 3 heterocycles. The number of ether oxygens (including phenoxy) is 1. The summed E-state index contributed by atoms with van der Waals surface area (Å²) in [6.07, 6.45) is 11.3. The van der Waals surface area contributed by atoms with E-state index >= 15 is 0 Å². The molecule has 51 heavy (non-hydrogen) atoms. The summed E-state index contributed by atoms with van der Waals surface area (Å²) in [7, 11) is 0. The largest absolute Gasteiger partial charge is 0.461 e. The van der Waals surface area contributed by atoms with Crippen LogP contribution in [0, 0.1) is 0 Å². The summed E-state index contributed by atoms with van der Waals surface area (Å²) >= 11 is 1.24. The van der Waals surface area contributed by atoms with Crippen LogP contribution in [0.1, 0.15) is 108 Å². The predicted molar refractivity (Wildman–Crippen MR) is 202 cm³/mol. The average Bonchev–Trinajstić information content (AvgIpc) is 3.89. The summed E-state index contributed by atoms with van der Waals surface area (Å²) < 4.78 is 7.54. The lowest BCUT2D eigenvalue weighted by Crippen LogP contribution is -2.55. The van der Waals surface area contributed by atoms with Crippen LogP contribution in [-0.2, 0) is 22.5 Å². The number of aromatic nitrogens is 2. The predicted octanol–water partition coefficient (Wildman–Crippen LogP) is 9.28. The van der Waals surface area contributed by atoms with Crippen LogP contribution in [0.4, 0.5) is 5.69 Å². The number of aryl methyl sites for hydroxylation is 2. The van der Waals surface area contributed by atoms with E-state index in [4.69, 9.17) is 4.74 Å². The Balaban J connectivity index is 1.05. The molecule has 2 fully saturated rings. The Bertz CT molecular complexity index is 2100. The Hall–Kier alpha value is -4.76. The fraction of sp³-hybridized carbons (Fsp3) is 0.381. The molecule has 0 bridgehead atoms. The molecule has 3 aromatic carbocycles. The molecule has 9 heteroatoms. The average molecular weight is 701 g/mol. The molecule has 0 saturated heterocycles. The second-order valence-electron chi connectivity index (χ2n) is 14.3. The van der Waals surface area contributed by atoms with E-state index in [1.54, 1.807) is 6.92 Å². The Kier molecular flexibility index (Phi) is 9.23. The SMILES string of the molecule is CCOC(=O)c1nc(-c2ccc(NC(=O)C3(NC(=O)c4ccc5c(C6CCCCC6)c6n(c5c4)CCCc4ccccc4-6)CCCC3)cc2)cs1. The molecule has 0 atom stereocenters. The molecule has 2 saturated carbocycles. The second kappa shape index (κ2) is 14.1. The van der Waals surface area contributed by atoms with Gasteiger partial charge in [0.15, 0.2) is 0 Å². The van der Waals surface area contributed by atoms with Crippen molar-refractivity contribution < 1.29 is 19.1 Å². The van der Waals surface area contributed by atoms with Gasteiger partial charge in [0.2, 0.25) is 10.9 Å². The van der Waals surface area contributed by atoms with E-state index in [9.17, 15) is 14.4 Å². The molecule has 3 aliphatic rings. The third-order valence-corrected chi connectivity index (χ3v) is 11.9. The number of nitrogens with one attached hydrogen (secondary N) is 2. The maximum Gasteiger partial charge on any atom is 0.367 e. The Morgan fingerprint density at radius 3 is 2.51 bits per heavy atom. The van der Waals surface area contributed by atoms with Crippen molar-refractivity contribution in [3.8, 4) is 22.5 Å². The van der Waals surface area contributed by atoms with Crippen molar-refractivity contribution >= 4 is 45.7 Å². The van der Waals surface area contributed by atoms with E-state index in [-0.39, 0.29) is 11.8 Å². The van der Waals surface area contributed by atoms with E-state index < -0.39 is 11.5 Å². The van der Waals surface area contributed by atoms with Crippen molar-refractivity contribution in [2.45, 2.75) is 95.6 Å². The zero-order valence-corrected chi connectivity index (χ0v) is 30.0. The van der Waals surface area contributed by atoms with Crippen LogP contribution in [0.15, 0.2) is 72.1 Å². The molecule has 8 nitrogen and oxygen atoms in total. The molecule has 2 aromatic heterocycles. The maximum absolute atomic E-state index is 14.1. The van der Waals surface area contributed by atoms with Crippen molar-refractivity contribution in [3.63, 3.8) is 0 Å². The highest BCUT2D eigenvalue weighted by Crippen LogP contribution is 2.46. The van der Waals surface area contributed by atoms with Gasteiger partial charge in [-0.25, -0.2) is 9.78 Å². The number of rotatable bonds is 8. The number of anilines is 1. The first-order chi connectivity index (χ1) is 24.9. The molecular weight excluding hydrogens is 657 g/mol. The number of amides is 2. The fourth-order valence-electron chi connectivity index (χ4n) is 8.59. The van der Waals surface area contributed by atoms with Gasteiger partial charge < -0.3 is 19.9 Å². The topological polar surface area (TPSA) is 102 Å². The summed E-state index contributed by atoms with van der Waals surface area (Å²) in [6.45, 7) is 2.98. The van der Waals surface area contributed by atoms with Gasteiger partial charge in [-0.1, -0.05) is 74.6 Å². The van der Waals surface area contributed by atoms with E-state index in [1.807, 2.05) is 35.7 Å². The Morgan fingerprint density at radius 2 is 1.73 bits per heavy atom. The molecule has 262 valence electrons. The highest BCUT2D eigenvalue weighted by molar-refractivity contribution is 7.11. The molecule has 2 N–H and O–H groups in total. The number of esters is 1. The van der Waals surface area contributed by atoms with Gasteiger partial charge in [-0.3, -0.25) is 9.59 Å². The highest BCUT2D eigenvalue weighted by Gasteiger charge is 2.43. The van der Waals surface area contributed by atoms with E-state index in [2.05, 4.69) is 56.6 Å². The van der Waals surface area contributed by atoms with Gasteiger partial charge in [-0.2, -0.15) is 0 Å². The number of fused-ring (bicyclic) bond motifs is 5. The number of carbonyl (C=O) groups is 3. The standard InChI is InChI=1S/C42H44N4O4S/c1-2-50-40(48)39-44-34(26-51-39)28-16-19-31(20-17-28)43-41(49)42(22-8-9-23-42)45-38(47)30-18-21-33-35(25-30)46-24-10-14-27-11-6-7-15-32(27)37(46)36(33)29-12-4-3-5-13-29/h6-7,11,15-21,25-26,29H,2-5,8-10,12-14,22-24H2,1H3,(H,43,49)(H,45,47). The minimum atomic E-state index is -0.990. The highest BCUT2D eigenvalue weighted by atomic mass is 32.1. The summed E-state index contributed by atoms with van der Waals surface area (Å²) in [5.74, 6) is -0.326. The van der Waals surface area contributed by atoms with Gasteiger partial charge >= 0.3 is 5.97 Å². The van der Waals surface area contributed by atoms with Crippen molar-refractivity contribution in [3.05, 3.63) is 93.8 Å². The molecule has 1 aliphatic heterocycles. The van der Waals surface area contributed by atoms with Gasteiger partial charge in [0, 0.05) is 45.2 Å². The number of carbonyl (C=O) groups excluding carboxylic acids is 3. The van der Waals surface area contributed by atoms with Crippen LogP contribution < -0.4 is 10.6 Å². The zero-order valence-electron chi connectivity index (χ0n) is 29.1.